The van der Waals surface area contributed by atoms with Crippen molar-refractivity contribution in [3.05, 3.63) is 35.2 Å². The second-order valence-corrected chi connectivity index (χ2v) is 5.87. The van der Waals surface area contributed by atoms with Gasteiger partial charge in [-0.05, 0) is 19.8 Å². The molecule has 3 N–H and O–H groups in total. The van der Waals surface area contributed by atoms with Crippen LogP contribution in [0, 0.1) is 6.92 Å². The molecule has 0 spiro atoms. The van der Waals surface area contributed by atoms with E-state index in [1.54, 1.807) is 0 Å². The molecule has 4 nitrogen and oxygen atoms in total. The number of thiazole rings is 1. The third-order valence-corrected chi connectivity index (χ3v) is 4.07. The molecule has 20 heavy (non-hydrogen) atoms. The van der Waals surface area contributed by atoms with Crippen molar-refractivity contribution >= 4 is 34.8 Å². The number of rotatable bonds is 3. The van der Waals surface area contributed by atoms with Gasteiger partial charge in [-0.25, -0.2) is 4.98 Å². The molecule has 0 aliphatic heterocycles. The van der Waals surface area contributed by atoms with Gasteiger partial charge in [-0.1, -0.05) is 29.8 Å². The van der Waals surface area contributed by atoms with Gasteiger partial charge in [0.15, 0.2) is 5.13 Å². The quantitative estimate of drug-likeness (QED) is 0.916. The van der Waals surface area contributed by atoms with Gasteiger partial charge < -0.3 is 11.1 Å². The van der Waals surface area contributed by atoms with Crippen molar-refractivity contribution in [1.82, 2.24) is 4.98 Å². The predicted molar refractivity (Wildman–Crippen MR) is 84.3 cm³/mol. The summed E-state index contributed by atoms with van der Waals surface area (Å²) in [4.78, 5) is 16.2. The number of aromatic nitrogens is 1. The summed E-state index contributed by atoms with van der Waals surface area (Å²) in [7, 11) is 0. The number of aryl methyl sites for hydroxylation is 1. The van der Waals surface area contributed by atoms with Crippen molar-refractivity contribution < 1.29 is 4.79 Å². The summed E-state index contributed by atoms with van der Waals surface area (Å²) in [6.45, 7) is 2.05. The number of nitrogens with zero attached hydrogens (tertiary/aromatic N) is 1. The summed E-state index contributed by atoms with van der Waals surface area (Å²) in [6.07, 6.45) is 1.52. The Morgan fingerprint density at radius 1 is 1.35 bits per heavy atom. The fourth-order valence-electron chi connectivity index (χ4n) is 1.77. The second-order valence-electron chi connectivity index (χ2n) is 5.01. The minimum absolute atomic E-state index is 0. The van der Waals surface area contributed by atoms with Crippen LogP contribution in [0.4, 0.5) is 5.13 Å². The number of carbonyl (C=O) groups is 1. The molecule has 1 amide bonds. The lowest BCUT2D eigenvalue weighted by atomic mass is 10.1. The van der Waals surface area contributed by atoms with Crippen molar-refractivity contribution in [2.45, 2.75) is 25.3 Å². The van der Waals surface area contributed by atoms with E-state index in [9.17, 15) is 4.79 Å². The smallest absolute Gasteiger partial charge is 0.246 e. The van der Waals surface area contributed by atoms with Crippen LogP contribution < -0.4 is 11.1 Å². The molecule has 0 saturated heterocycles. The Morgan fingerprint density at radius 2 is 2.00 bits per heavy atom. The Kier molecular flexibility index (Phi) is 4.13. The van der Waals surface area contributed by atoms with Crippen molar-refractivity contribution in [3.8, 4) is 11.3 Å². The van der Waals surface area contributed by atoms with Crippen LogP contribution in [0.2, 0.25) is 0 Å². The first kappa shape index (κ1) is 15.0. The zero-order chi connectivity index (χ0) is 13.5. The van der Waals surface area contributed by atoms with Gasteiger partial charge >= 0.3 is 0 Å². The van der Waals surface area contributed by atoms with Crippen LogP contribution in [-0.4, -0.2) is 16.4 Å². The van der Waals surface area contributed by atoms with Crippen LogP contribution in [0.1, 0.15) is 18.4 Å². The van der Waals surface area contributed by atoms with Crippen LogP contribution in [0.3, 0.4) is 0 Å². The Morgan fingerprint density at radius 3 is 2.60 bits per heavy atom. The average molecular weight is 310 g/mol. The Bertz CT molecular complexity index is 620. The summed E-state index contributed by atoms with van der Waals surface area (Å²) in [5.41, 5.74) is 8.32. The van der Waals surface area contributed by atoms with Crippen LogP contribution >= 0.6 is 23.7 Å². The third kappa shape index (κ3) is 3.00. The van der Waals surface area contributed by atoms with Gasteiger partial charge in [0.1, 0.15) is 0 Å². The molecule has 3 rings (SSSR count). The van der Waals surface area contributed by atoms with Crippen LogP contribution in [-0.2, 0) is 4.79 Å². The van der Waals surface area contributed by atoms with Gasteiger partial charge in [0.05, 0.1) is 11.2 Å². The number of benzene rings is 1. The van der Waals surface area contributed by atoms with E-state index < -0.39 is 5.54 Å². The van der Waals surface area contributed by atoms with E-state index in [0.717, 1.165) is 24.1 Å². The highest BCUT2D eigenvalue weighted by Gasteiger charge is 2.46. The topological polar surface area (TPSA) is 68.0 Å². The number of hydrogen-bond donors (Lipinski definition) is 2. The first-order valence-corrected chi connectivity index (χ1v) is 7.08. The van der Waals surface area contributed by atoms with E-state index in [1.807, 2.05) is 36.6 Å². The normalized spacial score (nSPS) is 15.3. The summed E-state index contributed by atoms with van der Waals surface area (Å²) < 4.78 is 0. The molecule has 1 aromatic heterocycles. The Hall–Kier alpha value is -1.43. The molecule has 1 saturated carbocycles. The van der Waals surface area contributed by atoms with Crippen molar-refractivity contribution in [3.63, 3.8) is 0 Å². The molecule has 106 valence electrons. The molecular formula is C14H16ClN3OS. The number of carbonyl (C=O) groups excluding carboxylic acids is 1. The van der Waals surface area contributed by atoms with Crippen molar-refractivity contribution in [2.24, 2.45) is 5.73 Å². The lowest BCUT2D eigenvalue weighted by Crippen LogP contribution is -2.37. The molecule has 0 atom stereocenters. The molecule has 0 radical (unpaired) electrons. The third-order valence-electron chi connectivity index (χ3n) is 3.31. The number of anilines is 1. The summed E-state index contributed by atoms with van der Waals surface area (Å²) in [5.74, 6) is -0.127. The summed E-state index contributed by atoms with van der Waals surface area (Å²) >= 11 is 1.42. The molecular weight excluding hydrogens is 294 g/mol. The maximum Gasteiger partial charge on any atom is 0.246 e. The minimum atomic E-state index is -0.657. The van der Waals surface area contributed by atoms with E-state index in [0.29, 0.717) is 5.13 Å². The standard InChI is InChI=1S/C14H15N3OS.ClH/c1-9-2-4-10(5-3-9)11-8-19-13(16-11)17-12(18)14(15)6-7-14;/h2-5,8H,6-7,15H2,1H3,(H,16,17,18);1H. The Balaban J connectivity index is 0.00000147. The number of halogens is 1. The number of nitrogens with one attached hydrogen (secondary N) is 1. The van der Waals surface area contributed by atoms with Crippen LogP contribution in [0.5, 0.6) is 0 Å². The molecule has 2 aromatic rings. The van der Waals surface area contributed by atoms with Gasteiger partial charge in [-0.15, -0.1) is 23.7 Å². The second kappa shape index (κ2) is 5.52. The van der Waals surface area contributed by atoms with Crippen LogP contribution in [0.15, 0.2) is 29.6 Å². The predicted octanol–water partition coefficient (Wildman–Crippen LogP) is 2.97. The van der Waals surface area contributed by atoms with E-state index in [-0.39, 0.29) is 18.3 Å². The highest BCUT2D eigenvalue weighted by Crippen LogP contribution is 2.34. The van der Waals surface area contributed by atoms with E-state index >= 15 is 0 Å². The first-order valence-electron chi connectivity index (χ1n) is 6.20. The first-order chi connectivity index (χ1) is 9.07. The molecule has 1 aromatic carbocycles. The van der Waals surface area contributed by atoms with Crippen molar-refractivity contribution in [1.29, 1.82) is 0 Å². The maximum atomic E-state index is 11.8. The molecule has 1 aliphatic rings. The summed E-state index contributed by atoms with van der Waals surface area (Å²) in [5, 5.41) is 5.34. The van der Waals surface area contributed by atoms with Gasteiger partial charge in [-0.3, -0.25) is 4.79 Å². The summed E-state index contributed by atoms with van der Waals surface area (Å²) in [6, 6.07) is 8.15. The van der Waals surface area contributed by atoms with Gasteiger partial charge in [-0.2, -0.15) is 0 Å². The zero-order valence-corrected chi connectivity index (χ0v) is 12.7. The zero-order valence-electron chi connectivity index (χ0n) is 11.1. The Labute approximate surface area is 127 Å². The molecule has 0 unspecified atom stereocenters. The fraction of sp³-hybridized carbons (Fsp3) is 0.286. The fourth-order valence-corrected chi connectivity index (χ4v) is 2.49. The molecule has 1 fully saturated rings. The molecule has 0 bridgehead atoms. The lowest BCUT2D eigenvalue weighted by Gasteiger charge is -2.06. The SMILES string of the molecule is Cc1ccc(-c2csc(NC(=O)C3(N)CC3)n2)cc1.Cl. The van der Waals surface area contributed by atoms with Crippen molar-refractivity contribution in [2.75, 3.05) is 5.32 Å². The van der Waals surface area contributed by atoms with E-state index in [1.165, 1.54) is 16.9 Å². The molecule has 6 heteroatoms. The average Bonchev–Trinajstić information content (AvgIpc) is 2.98. The monoisotopic (exact) mass is 309 g/mol. The highest BCUT2D eigenvalue weighted by molar-refractivity contribution is 7.14. The van der Waals surface area contributed by atoms with E-state index in [2.05, 4.69) is 10.3 Å². The number of nitrogens with two attached hydrogens (primary N) is 1. The van der Waals surface area contributed by atoms with E-state index in [4.69, 9.17) is 5.73 Å². The largest absolute Gasteiger partial charge is 0.317 e. The molecule has 1 heterocycles. The lowest BCUT2D eigenvalue weighted by molar-refractivity contribution is -0.118. The molecule has 1 aliphatic carbocycles. The number of hydrogen-bond acceptors (Lipinski definition) is 4. The minimum Gasteiger partial charge on any atom is -0.317 e. The maximum absolute atomic E-state index is 11.8. The van der Waals surface area contributed by atoms with Crippen LogP contribution in [0.25, 0.3) is 11.3 Å². The van der Waals surface area contributed by atoms with Gasteiger partial charge in [0.2, 0.25) is 5.91 Å². The van der Waals surface area contributed by atoms with Gasteiger partial charge in [0, 0.05) is 10.9 Å². The van der Waals surface area contributed by atoms with Gasteiger partial charge in [0.25, 0.3) is 0 Å². The number of amides is 1. The highest BCUT2D eigenvalue weighted by atomic mass is 35.5.